The number of phenolic OH excluding ortho intramolecular Hbond substituents is 1. The lowest BCUT2D eigenvalue weighted by Crippen LogP contribution is -2.44. The molecule has 0 aliphatic carbocycles. The normalized spacial score (nSPS) is 12.1. The molecule has 0 aliphatic rings. The second kappa shape index (κ2) is 18.1. The zero-order valence-corrected chi connectivity index (χ0v) is 29.9. The first kappa shape index (κ1) is 38.7. The second-order valence-electron chi connectivity index (χ2n) is 13.8. The molecule has 0 bridgehead atoms. The maximum atomic E-state index is 13.3. The lowest BCUT2D eigenvalue weighted by molar-refractivity contribution is -0.146. The highest BCUT2D eigenvalue weighted by Gasteiger charge is 2.30. The molecule has 0 spiro atoms. The highest BCUT2D eigenvalue weighted by atomic mass is 16.6. The van der Waals surface area contributed by atoms with Gasteiger partial charge in [0.2, 0.25) is 0 Å². The molecule has 3 rings (SSSR count). The number of phenols is 1. The van der Waals surface area contributed by atoms with Crippen molar-refractivity contribution < 1.29 is 38.4 Å². The predicted molar refractivity (Wildman–Crippen MR) is 189 cm³/mol. The maximum Gasteiger partial charge on any atom is 0.408 e. The lowest BCUT2D eigenvalue weighted by atomic mass is 9.78. The Kier molecular flexibility index (Phi) is 14.3. The van der Waals surface area contributed by atoms with E-state index in [0.717, 1.165) is 27.8 Å². The molecule has 3 aromatic rings. The number of carbonyl (C=O) groups excluding carboxylic acids is 3. The predicted octanol–water partition coefficient (Wildman–Crippen LogP) is 7.79. The van der Waals surface area contributed by atoms with Crippen LogP contribution in [0.3, 0.4) is 0 Å². The van der Waals surface area contributed by atoms with E-state index in [1.165, 1.54) is 0 Å². The van der Waals surface area contributed by atoms with Gasteiger partial charge in [0, 0.05) is 12.1 Å². The molecule has 0 fully saturated rings. The number of carbonyl (C=O) groups is 3. The molecule has 0 aromatic heterocycles. The highest BCUT2D eigenvalue weighted by Crippen LogP contribution is 2.42. The van der Waals surface area contributed by atoms with Crippen molar-refractivity contribution in [1.29, 1.82) is 0 Å². The van der Waals surface area contributed by atoms with Gasteiger partial charge in [0.05, 0.1) is 6.61 Å². The molecule has 49 heavy (non-hydrogen) atoms. The zero-order valence-electron chi connectivity index (χ0n) is 29.9. The number of aryl methyl sites for hydroxylation is 1. The van der Waals surface area contributed by atoms with Gasteiger partial charge >= 0.3 is 18.2 Å². The van der Waals surface area contributed by atoms with Crippen molar-refractivity contribution in [3.63, 3.8) is 0 Å². The Labute approximate surface area is 290 Å². The molecule has 1 atom stereocenters. The Morgan fingerprint density at radius 1 is 0.816 bits per heavy atom. The highest BCUT2D eigenvalue weighted by molar-refractivity contribution is 5.81. The van der Waals surface area contributed by atoms with Crippen molar-refractivity contribution in [1.82, 2.24) is 10.6 Å². The van der Waals surface area contributed by atoms with Gasteiger partial charge in [0.25, 0.3) is 0 Å². The number of amides is 2. The Balaban J connectivity index is 1.57. The van der Waals surface area contributed by atoms with Gasteiger partial charge in [-0.3, -0.25) is 0 Å². The van der Waals surface area contributed by atoms with E-state index in [4.69, 9.17) is 18.9 Å². The van der Waals surface area contributed by atoms with E-state index in [1.807, 2.05) is 88.4 Å². The largest absolute Gasteiger partial charge is 0.508 e. The number of esters is 1. The summed E-state index contributed by atoms with van der Waals surface area (Å²) >= 11 is 0. The molecule has 3 N–H and O–H groups in total. The van der Waals surface area contributed by atoms with Crippen molar-refractivity contribution in [2.75, 3.05) is 13.2 Å². The van der Waals surface area contributed by atoms with Crippen LogP contribution in [0.4, 0.5) is 9.59 Å². The summed E-state index contributed by atoms with van der Waals surface area (Å²) in [7, 11) is 0. The van der Waals surface area contributed by atoms with E-state index in [9.17, 15) is 19.5 Å². The Morgan fingerprint density at radius 2 is 1.43 bits per heavy atom. The molecule has 2 amide bonds. The van der Waals surface area contributed by atoms with E-state index in [2.05, 4.69) is 10.6 Å². The van der Waals surface area contributed by atoms with Gasteiger partial charge in [-0.1, -0.05) is 74.5 Å². The molecule has 10 nitrogen and oxygen atoms in total. The topological polar surface area (TPSA) is 132 Å². The van der Waals surface area contributed by atoms with Crippen LogP contribution in [0.2, 0.25) is 0 Å². The molecular weight excluding hydrogens is 624 g/mol. The van der Waals surface area contributed by atoms with Gasteiger partial charge in [0.1, 0.15) is 36.4 Å². The molecule has 266 valence electrons. The summed E-state index contributed by atoms with van der Waals surface area (Å²) in [6, 6.07) is 20.0. The van der Waals surface area contributed by atoms with Crippen LogP contribution in [0, 0.1) is 13.8 Å². The van der Waals surface area contributed by atoms with Crippen LogP contribution < -0.4 is 15.4 Å². The summed E-state index contributed by atoms with van der Waals surface area (Å²) in [5, 5.41) is 16.4. The minimum absolute atomic E-state index is 0.0557. The van der Waals surface area contributed by atoms with Gasteiger partial charge in [-0.25, -0.2) is 14.4 Å². The van der Waals surface area contributed by atoms with Gasteiger partial charge in [-0.05, 0) is 94.0 Å². The van der Waals surface area contributed by atoms with Gasteiger partial charge in [0.15, 0.2) is 0 Å². The van der Waals surface area contributed by atoms with Crippen LogP contribution >= 0.6 is 0 Å². The first-order chi connectivity index (χ1) is 23.2. The van der Waals surface area contributed by atoms with Crippen molar-refractivity contribution >= 4 is 18.2 Å². The number of hydrogen-bond donors (Lipinski definition) is 3. The third-order valence-corrected chi connectivity index (χ3v) is 7.93. The number of benzene rings is 3. The number of ether oxygens (including phenoxy) is 4. The SMILES string of the molecule is Cc1cc(O)c(C(C)(C)CCOC(=O)[C@H](CCCCNC(=O)OCc2ccccc2)NC(=O)OC(C)(C)C)c(C)c1OCc1ccccc1. The summed E-state index contributed by atoms with van der Waals surface area (Å²) in [5.41, 5.74) is 2.97. The molecule has 10 heteroatoms. The molecule has 3 aromatic carbocycles. The minimum atomic E-state index is -0.949. The number of aromatic hydroxyl groups is 1. The Bertz CT molecular complexity index is 1520. The van der Waals surface area contributed by atoms with Crippen molar-refractivity contribution in [3.8, 4) is 11.5 Å². The molecular formula is C39H52N2O8. The third kappa shape index (κ3) is 13.0. The first-order valence-electron chi connectivity index (χ1n) is 16.8. The summed E-state index contributed by atoms with van der Waals surface area (Å²) in [5.74, 6) is 0.274. The number of unbranched alkanes of at least 4 members (excludes halogenated alkanes) is 1. The Morgan fingerprint density at radius 3 is 2.04 bits per heavy atom. The van der Waals surface area contributed by atoms with Gasteiger partial charge in [-0.2, -0.15) is 0 Å². The van der Waals surface area contributed by atoms with Crippen molar-refractivity contribution in [2.45, 2.75) is 104 Å². The molecule has 0 saturated carbocycles. The standard InChI is InChI=1S/C39H52N2O8/c1-27-24-32(42)33(28(2)34(27)47-25-29-16-10-8-11-17-29)39(6,7)21-23-46-35(43)31(41-37(45)49-38(3,4)5)20-14-15-22-40-36(44)48-26-30-18-12-9-13-19-30/h8-13,16-19,24,31,42H,14-15,20-23,25-26H2,1-7H3,(H,40,44)(H,41,45)/t31-/m0/s1. The number of alkyl carbamates (subject to hydrolysis) is 2. The average molecular weight is 677 g/mol. The number of nitrogens with one attached hydrogen (secondary N) is 2. The van der Waals surface area contributed by atoms with Crippen molar-refractivity contribution in [3.05, 3.63) is 94.5 Å². The fourth-order valence-electron chi connectivity index (χ4n) is 5.52. The van der Waals surface area contributed by atoms with Crippen LogP contribution in [0.5, 0.6) is 11.5 Å². The quantitative estimate of drug-likeness (QED) is 0.0796. The molecule has 0 saturated heterocycles. The lowest BCUT2D eigenvalue weighted by Gasteiger charge is -2.30. The molecule has 0 heterocycles. The van der Waals surface area contributed by atoms with Crippen LogP contribution in [0.1, 0.15) is 88.1 Å². The van der Waals surface area contributed by atoms with E-state index < -0.39 is 35.2 Å². The smallest absolute Gasteiger partial charge is 0.408 e. The van der Waals surface area contributed by atoms with E-state index in [-0.39, 0.29) is 25.4 Å². The van der Waals surface area contributed by atoms with E-state index in [1.54, 1.807) is 26.8 Å². The summed E-state index contributed by atoms with van der Waals surface area (Å²) < 4.78 is 22.5. The second-order valence-corrected chi connectivity index (χ2v) is 13.8. The summed E-state index contributed by atoms with van der Waals surface area (Å²) in [6.07, 6.45) is 0.500. The summed E-state index contributed by atoms with van der Waals surface area (Å²) in [4.78, 5) is 37.9. The summed E-state index contributed by atoms with van der Waals surface area (Å²) in [6.45, 7) is 14.0. The monoisotopic (exact) mass is 676 g/mol. The van der Waals surface area contributed by atoms with Crippen LogP contribution in [0.25, 0.3) is 0 Å². The van der Waals surface area contributed by atoms with Crippen molar-refractivity contribution in [2.24, 2.45) is 0 Å². The maximum absolute atomic E-state index is 13.3. The minimum Gasteiger partial charge on any atom is -0.508 e. The fourth-order valence-corrected chi connectivity index (χ4v) is 5.52. The molecule has 0 radical (unpaired) electrons. The first-order valence-corrected chi connectivity index (χ1v) is 16.8. The number of hydrogen-bond acceptors (Lipinski definition) is 8. The molecule has 0 unspecified atom stereocenters. The zero-order chi connectivity index (χ0) is 36.0. The van der Waals surface area contributed by atoms with E-state index in [0.29, 0.717) is 38.2 Å². The number of rotatable bonds is 16. The van der Waals surface area contributed by atoms with Crippen LogP contribution in [-0.4, -0.2) is 48.1 Å². The van der Waals surface area contributed by atoms with Crippen LogP contribution in [0.15, 0.2) is 66.7 Å². The van der Waals surface area contributed by atoms with Gasteiger partial charge < -0.3 is 34.7 Å². The third-order valence-electron chi connectivity index (χ3n) is 7.93. The average Bonchev–Trinajstić information content (AvgIpc) is 3.02. The van der Waals surface area contributed by atoms with Crippen LogP contribution in [-0.2, 0) is 37.6 Å². The van der Waals surface area contributed by atoms with E-state index >= 15 is 0 Å². The fraction of sp³-hybridized carbons (Fsp3) is 0.462. The molecule has 0 aliphatic heterocycles. The van der Waals surface area contributed by atoms with Gasteiger partial charge in [-0.15, -0.1) is 0 Å². The Hall–Kier alpha value is -4.73.